The number of benzene rings is 1. The average molecular weight is 278 g/mol. The summed E-state index contributed by atoms with van der Waals surface area (Å²) in [5.41, 5.74) is 5.96. The van der Waals surface area contributed by atoms with Gasteiger partial charge in [0.2, 0.25) is 0 Å². The lowest BCUT2D eigenvalue weighted by molar-refractivity contribution is 0.0721. The Kier molecular flexibility index (Phi) is 6.71. The van der Waals surface area contributed by atoms with E-state index < -0.39 is 5.82 Å². The number of carbonyl (C=O) groups excluding carboxylic acids is 1. The summed E-state index contributed by atoms with van der Waals surface area (Å²) in [5, 5.41) is 9.01. The molecule has 1 aromatic rings. The quantitative estimate of drug-likeness (QED) is 0.789. The zero-order valence-corrected chi connectivity index (χ0v) is 11.5. The van der Waals surface area contributed by atoms with Crippen LogP contribution in [0.3, 0.4) is 0 Å². The minimum Gasteiger partial charge on any atom is -0.395 e. The third-order valence-electron chi connectivity index (χ3n) is 2.69. The van der Waals surface area contributed by atoms with Crippen LogP contribution in [0.15, 0.2) is 18.2 Å². The van der Waals surface area contributed by atoms with Gasteiger partial charge in [0.05, 0.1) is 18.7 Å². The third kappa shape index (κ3) is 4.34. The fourth-order valence-electron chi connectivity index (χ4n) is 1.82. The van der Waals surface area contributed by atoms with E-state index in [1.54, 1.807) is 0 Å². The molecule has 1 amide bonds. The summed E-state index contributed by atoms with van der Waals surface area (Å²) in [5.74, 6) is 4.60. The van der Waals surface area contributed by atoms with Crippen molar-refractivity contribution in [1.29, 1.82) is 0 Å². The molecule has 0 aromatic heterocycles. The van der Waals surface area contributed by atoms with Crippen molar-refractivity contribution in [3.05, 3.63) is 35.1 Å². The largest absolute Gasteiger partial charge is 0.395 e. The average Bonchev–Trinajstić information content (AvgIpc) is 2.45. The smallest absolute Gasteiger partial charge is 0.255 e. The lowest BCUT2D eigenvalue weighted by Gasteiger charge is -2.21. The maximum absolute atomic E-state index is 13.4. The Bertz CT molecular complexity index is 514. The van der Waals surface area contributed by atoms with Crippen molar-refractivity contribution < 1.29 is 14.3 Å². The van der Waals surface area contributed by atoms with Crippen molar-refractivity contribution in [1.82, 2.24) is 4.90 Å². The zero-order chi connectivity index (χ0) is 15.0. The van der Waals surface area contributed by atoms with E-state index in [0.717, 1.165) is 6.42 Å². The van der Waals surface area contributed by atoms with E-state index in [9.17, 15) is 9.18 Å². The lowest BCUT2D eigenvalue weighted by atomic mass is 10.1. The molecule has 1 aromatic carbocycles. The van der Waals surface area contributed by atoms with Crippen LogP contribution in [-0.2, 0) is 0 Å². The standard InChI is InChI=1S/C15H19FN2O2/c1-2-8-18(9-10-19)15(20)14-11-13(16)6-5-12(14)4-3-7-17/h5-6,11,19H,2,7-10,17H2,1H3. The Hall–Kier alpha value is -1.90. The van der Waals surface area contributed by atoms with E-state index in [1.165, 1.54) is 23.1 Å². The molecule has 4 nitrogen and oxygen atoms in total. The molecule has 0 spiro atoms. The molecule has 0 bridgehead atoms. The molecule has 0 unspecified atom stereocenters. The van der Waals surface area contributed by atoms with E-state index in [1.807, 2.05) is 6.92 Å². The second kappa shape index (κ2) is 8.31. The molecular weight excluding hydrogens is 259 g/mol. The topological polar surface area (TPSA) is 66.6 Å². The number of aliphatic hydroxyl groups is 1. The fraction of sp³-hybridized carbons (Fsp3) is 0.400. The van der Waals surface area contributed by atoms with Crippen LogP contribution in [0, 0.1) is 17.7 Å². The van der Waals surface area contributed by atoms with Crippen molar-refractivity contribution in [2.24, 2.45) is 5.73 Å². The molecule has 3 N–H and O–H groups in total. The molecule has 0 saturated carbocycles. The van der Waals surface area contributed by atoms with Gasteiger partial charge in [0.15, 0.2) is 0 Å². The number of rotatable bonds is 5. The zero-order valence-electron chi connectivity index (χ0n) is 11.5. The molecule has 5 heteroatoms. The van der Waals surface area contributed by atoms with E-state index in [-0.39, 0.29) is 31.2 Å². The van der Waals surface area contributed by atoms with Crippen molar-refractivity contribution in [2.45, 2.75) is 13.3 Å². The molecule has 0 atom stereocenters. The van der Waals surface area contributed by atoms with Gasteiger partial charge in [-0.05, 0) is 24.6 Å². The molecule has 0 fully saturated rings. The predicted molar refractivity (Wildman–Crippen MR) is 75.6 cm³/mol. The summed E-state index contributed by atoms with van der Waals surface area (Å²) in [7, 11) is 0. The number of aliphatic hydroxyl groups excluding tert-OH is 1. The minimum absolute atomic E-state index is 0.134. The van der Waals surface area contributed by atoms with Crippen LogP contribution in [0.25, 0.3) is 0 Å². The Morgan fingerprint density at radius 3 is 2.80 bits per heavy atom. The van der Waals surface area contributed by atoms with Gasteiger partial charge in [-0.2, -0.15) is 0 Å². The first-order valence-corrected chi connectivity index (χ1v) is 6.52. The number of nitrogens with zero attached hydrogens (tertiary/aromatic N) is 1. The molecule has 20 heavy (non-hydrogen) atoms. The number of halogens is 1. The van der Waals surface area contributed by atoms with Gasteiger partial charge < -0.3 is 15.7 Å². The van der Waals surface area contributed by atoms with Gasteiger partial charge in [0.1, 0.15) is 5.82 Å². The van der Waals surface area contributed by atoms with Crippen LogP contribution >= 0.6 is 0 Å². The molecular formula is C15H19FN2O2. The number of carbonyl (C=O) groups is 1. The highest BCUT2D eigenvalue weighted by Crippen LogP contribution is 2.13. The van der Waals surface area contributed by atoms with Crippen LogP contribution in [0.1, 0.15) is 29.3 Å². The number of amides is 1. The van der Waals surface area contributed by atoms with Gasteiger partial charge >= 0.3 is 0 Å². The molecule has 108 valence electrons. The first-order chi connectivity index (χ1) is 9.63. The first kappa shape index (κ1) is 16.2. The normalized spacial score (nSPS) is 9.80. The van der Waals surface area contributed by atoms with Gasteiger partial charge in [-0.25, -0.2) is 4.39 Å². The first-order valence-electron chi connectivity index (χ1n) is 6.52. The summed E-state index contributed by atoms with van der Waals surface area (Å²) >= 11 is 0. The summed E-state index contributed by atoms with van der Waals surface area (Å²) in [6, 6.07) is 3.89. The van der Waals surface area contributed by atoms with Gasteiger partial charge in [0, 0.05) is 18.7 Å². The molecule has 1 rings (SSSR count). The SMILES string of the molecule is CCCN(CCO)C(=O)c1cc(F)ccc1C#CCN. The third-order valence-corrected chi connectivity index (χ3v) is 2.69. The monoisotopic (exact) mass is 278 g/mol. The van der Waals surface area contributed by atoms with Crippen molar-refractivity contribution in [3.8, 4) is 11.8 Å². The maximum atomic E-state index is 13.4. The van der Waals surface area contributed by atoms with Crippen LogP contribution in [0.2, 0.25) is 0 Å². The Morgan fingerprint density at radius 2 is 2.20 bits per heavy atom. The van der Waals surface area contributed by atoms with E-state index >= 15 is 0 Å². The highest BCUT2D eigenvalue weighted by Gasteiger charge is 2.18. The molecule has 0 saturated heterocycles. The van der Waals surface area contributed by atoms with E-state index in [2.05, 4.69) is 11.8 Å². The number of hydrogen-bond donors (Lipinski definition) is 2. The summed E-state index contributed by atoms with van der Waals surface area (Å²) in [6.45, 7) is 2.68. The number of hydrogen-bond acceptors (Lipinski definition) is 3. The Labute approximate surface area is 118 Å². The molecule has 0 heterocycles. The Morgan fingerprint density at radius 1 is 1.45 bits per heavy atom. The molecule has 0 aliphatic carbocycles. The van der Waals surface area contributed by atoms with Crippen molar-refractivity contribution >= 4 is 5.91 Å². The Balaban J connectivity index is 3.14. The van der Waals surface area contributed by atoms with Gasteiger partial charge in [-0.1, -0.05) is 18.8 Å². The molecule has 0 radical (unpaired) electrons. The highest BCUT2D eigenvalue weighted by atomic mass is 19.1. The predicted octanol–water partition coefficient (Wildman–Crippen LogP) is 0.980. The van der Waals surface area contributed by atoms with E-state index in [4.69, 9.17) is 10.8 Å². The van der Waals surface area contributed by atoms with Gasteiger partial charge in [-0.3, -0.25) is 4.79 Å². The highest BCUT2D eigenvalue weighted by molar-refractivity contribution is 5.96. The van der Waals surface area contributed by atoms with E-state index in [0.29, 0.717) is 12.1 Å². The van der Waals surface area contributed by atoms with Crippen LogP contribution in [0.5, 0.6) is 0 Å². The van der Waals surface area contributed by atoms with Gasteiger partial charge in [-0.15, -0.1) is 0 Å². The summed E-state index contributed by atoms with van der Waals surface area (Å²) in [4.78, 5) is 13.9. The maximum Gasteiger partial charge on any atom is 0.255 e. The van der Waals surface area contributed by atoms with Crippen LogP contribution in [-0.4, -0.2) is 42.2 Å². The second-order valence-electron chi connectivity index (χ2n) is 4.21. The summed E-state index contributed by atoms with van der Waals surface area (Å²) < 4.78 is 13.4. The van der Waals surface area contributed by atoms with Crippen molar-refractivity contribution in [3.63, 3.8) is 0 Å². The minimum atomic E-state index is -0.493. The van der Waals surface area contributed by atoms with Crippen LogP contribution in [0.4, 0.5) is 4.39 Å². The van der Waals surface area contributed by atoms with Gasteiger partial charge in [0.25, 0.3) is 5.91 Å². The van der Waals surface area contributed by atoms with Crippen LogP contribution < -0.4 is 5.73 Å². The second-order valence-corrected chi connectivity index (χ2v) is 4.21. The summed E-state index contributed by atoms with van der Waals surface area (Å²) in [6.07, 6.45) is 0.755. The van der Waals surface area contributed by atoms with Crippen molar-refractivity contribution in [2.75, 3.05) is 26.2 Å². The fourth-order valence-corrected chi connectivity index (χ4v) is 1.82. The lowest BCUT2D eigenvalue weighted by Crippen LogP contribution is -2.34. The molecule has 0 aliphatic rings. The number of nitrogens with two attached hydrogens (primary N) is 1. The molecule has 0 aliphatic heterocycles.